The summed E-state index contributed by atoms with van der Waals surface area (Å²) in [4.78, 5) is 11.2. The first kappa shape index (κ1) is 12.8. The van der Waals surface area contributed by atoms with Crippen LogP contribution in [-0.4, -0.2) is 25.9 Å². The van der Waals surface area contributed by atoms with E-state index < -0.39 is 7.14 Å². The Kier molecular flexibility index (Phi) is 4.13. The number of urea groups is 1. The summed E-state index contributed by atoms with van der Waals surface area (Å²) in [7, 11) is -2.21. The van der Waals surface area contributed by atoms with Crippen molar-refractivity contribution in [2.45, 2.75) is 6.92 Å². The molecule has 16 heavy (non-hydrogen) atoms. The second-order valence-electron chi connectivity index (χ2n) is 3.88. The highest BCUT2D eigenvalue weighted by Crippen LogP contribution is 2.34. The molecule has 0 aliphatic rings. The average Bonchev–Trinajstić information content (AvgIpc) is 2.17. The Balaban J connectivity index is 2.72. The molecule has 1 aromatic carbocycles. The van der Waals surface area contributed by atoms with Crippen LogP contribution >= 0.6 is 7.14 Å². The molecule has 0 heterocycles. The van der Waals surface area contributed by atoms with Crippen molar-refractivity contribution in [3.63, 3.8) is 0 Å². The number of benzene rings is 1. The normalized spacial score (nSPS) is 10.9. The maximum absolute atomic E-state index is 11.8. The van der Waals surface area contributed by atoms with Gasteiger partial charge in [-0.05, 0) is 44.5 Å². The van der Waals surface area contributed by atoms with Gasteiger partial charge < -0.3 is 15.2 Å². The van der Waals surface area contributed by atoms with E-state index in [1.807, 2.05) is 6.92 Å². The third-order valence-corrected chi connectivity index (χ3v) is 3.63. The summed E-state index contributed by atoms with van der Waals surface area (Å²) in [5, 5.41) is 6.13. The minimum absolute atomic E-state index is 0.230. The Labute approximate surface area is 95.8 Å². The molecule has 0 bridgehead atoms. The maximum Gasteiger partial charge on any atom is 0.319 e. The van der Waals surface area contributed by atoms with Gasteiger partial charge in [-0.25, -0.2) is 4.79 Å². The van der Waals surface area contributed by atoms with Crippen LogP contribution in [0.15, 0.2) is 24.3 Å². The van der Waals surface area contributed by atoms with Crippen LogP contribution in [0.25, 0.3) is 0 Å². The van der Waals surface area contributed by atoms with Crippen molar-refractivity contribution in [3.05, 3.63) is 24.3 Å². The summed E-state index contributed by atoms with van der Waals surface area (Å²) in [5.74, 6) is 0. The zero-order chi connectivity index (χ0) is 12.2. The lowest BCUT2D eigenvalue weighted by atomic mass is 10.3. The van der Waals surface area contributed by atoms with E-state index in [0.29, 0.717) is 12.2 Å². The van der Waals surface area contributed by atoms with Crippen molar-refractivity contribution in [3.8, 4) is 0 Å². The van der Waals surface area contributed by atoms with Gasteiger partial charge in [-0.2, -0.15) is 0 Å². The Morgan fingerprint density at radius 2 is 1.81 bits per heavy atom. The number of carbonyl (C=O) groups is 1. The Bertz CT molecular complexity index is 408. The third kappa shape index (κ3) is 3.70. The van der Waals surface area contributed by atoms with Crippen molar-refractivity contribution in [2.24, 2.45) is 0 Å². The van der Waals surface area contributed by atoms with Crippen LogP contribution in [0.4, 0.5) is 10.5 Å². The van der Waals surface area contributed by atoms with Crippen LogP contribution in [-0.2, 0) is 4.57 Å². The molecule has 0 atom stereocenters. The molecule has 0 aromatic heterocycles. The molecule has 0 aliphatic carbocycles. The third-order valence-electron chi connectivity index (χ3n) is 2.08. The second-order valence-corrected chi connectivity index (χ2v) is 7.10. The first-order valence-electron chi connectivity index (χ1n) is 5.14. The van der Waals surface area contributed by atoms with Crippen molar-refractivity contribution in [2.75, 3.05) is 25.2 Å². The highest BCUT2D eigenvalue weighted by Gasteiger charge is 2.10. The summed E-state index contributed by atoms with van der Waals surface area (Å²) in [6.45, 7) is 5.88. The fraction of sp³-hybridized carbons (Fsp3) is 0.364. The van der Waals surface area contributed by atoms with Crippen molar-refractivity contribution in [1.82, 2.24) is 5.32 Å². The zero-order valence-corrected chi connectivity index (χ0v) is 10.7. The van der Waals surface area contributed by atoms with Crippen molar-refractivity contribution >= 4 is 24.2 Å². The summed E-state index contributed by atoms with van der Waals surface area (Å²) >= 11 is 0. The molecule has 88 valence electrons. The van der Waals surface area contributed by atoms with E-state index in [1.165, 1.54) is 0 Å². The number of anilines is 1. The minimum Gasteiger partial charge on any atom is -0.338 e. The number of rotatable bonds is 3. The molecular formula is C11H17N2O2P. The summed E-state index contributed by atoms with van der Waals surface area (Å²) < 4.78 is 11.8. The van der Waals surface area contributed by atoms with E-state index in [4.69, 9.17) is 0 Å². The van der Waals surface area contributed by atoms with E-state index in [2.05, 4.69) is 10.6 Å². The maximum atomic E-state index is 11.8. The topological polar surface area (TPSA) is 58.2 Å². The van der Waals surface area contributed by atoms with E-state index in [9.17, 15) is 9.36 Å². The molecule has 2 N–H and O–H groups in total. The fourth-order valence-electron chi connectivity index (χ4n) is 1.24. The molecule has 1 aromatic rings. The molecule has 0 saturated carbocycles. The molecule has 0 unspecified atom stereocenters. The lowest BCUT2D eigenvalue weighted by molar-refractivity contribution is 0.252. The fourth-order valence-corrected chi connectivity index (χ4v) is 2.11. The largest absolute Gasteiger partial charge is 0.338 e. The molecule has 5 heteroatoms. The minimum atomic E-state index is -2.21. The predicted octanol–water partition coefficient (Wildman–Crippen LogP) is 2.08. The number of hydrogen-bond donors (Lipinski definition) is 2. The molecule has 0 saturated heterocycles. The molecule has 0 aliphatic heterocycles. The number of carbonyl (C=O) groups excluding carboxylic acids is 1. The van der Waals surface area contributed by atoms with Gasteiger partial charge in [-0.1, -0.05) is 0 Å². The number of amides is 2. The van der Waals surface area contributed by atoms with Gasteiger partial charge in [0.25, 0.3) is 0 Å². The van der Waals surface area contributed by atoms with Crippen molar-refractivity contribution < 1.29 is 9.36 Å². The quantitative estimate of drug-likeness (QED) is 0.795. The Hall–Kier alpha value is -1.28. The van der Waals surface area contributed by atoms with Crippen molar-refractivity contribution in [1.29, 1.82) is 0 Å². The summed E-state index contributed by atoms with van der Waals surface area (Å²) in [6, 6.07) is 6.84. The molecule has 1 rings (SSSR count). The molecular weight excluding hydrogens is 223 g/mol. The second kappa shape index (κ2) is 5.17. The molecule has 4 nitrogen and oxygen atoms in total. The number of hydrogen-bond acceptors (Lipinski definition) is 2. The smallest absolute Gasteiger partial charge is 0.319 e. The van der Waals surface area contributed by atoms with E-state index in [-0.39, 0.29) is 6.03 Å². The van der Waals surface area contributed by atoms with Crippen LogP contribution < -0.4 is 15.9 Å². The Morgan fingerprint density at radius 1 is 1.25 bits per heavy atom. The monoisotopic (exact) mass is 240 g/mol. The molecule has 2 amide bonds. The highest BCUT2D eigenvalue weighted by atomic mass is 31.2. The van der Waals surface area contributed by atoms with Crippen LogP contribution in [0, 0.1) is 0 Å². The Morgan fingerprint density at radius 3 is 2.25 bits per heavy atom. The molecule has 0 spiro atoms. The van der Waals surface area contributed by atoms with Gasteiger partial charge in [-0.15, -0.1) is 0 Å². The summed E-state index contributed by atoms with van der Waals surface area (Å²) in [5.41, 5.74) is 0.697. The zero-order valence-electron chi connectivity index (χ0n) is 9.78. The van der Waals surface area contributed by atoms with Gasteiger partial charge in [0.1, 0.15) is 7.14 Å². The predicted molar refractivity (Wildman–Crippen MR) is 68.2 cm³/mol. The van der Waals surface area contributed by atoms with Gasteiger partial charge in [-0.3, -0.25) is 0 Å². The summed E-state index contributed by atoms with van der Waals surface area (Å²) in [6.07, 6.45) is 0. The van der Waals surface area contributed by atoms with Gasteiger partial charge in [0.05, 0.1) is 0 Å². The van der Waals surface area contributed by atoms with Gasteiger partial charge in [0.15, 0.2) is 0 Å². The van der Waals surface area contributed by atoms with Crippen LogP contribution in [0.2, 0.25) is 0 Å². The van der Waals surface area contributed by atoms with Gasteiger partial charge >= 0.3 is 6.03 Å². The molecule has 0 fully saturated rings. The molecule has 0 radical (unpaired) electrons. The SMILES string of the molecule is CCNC(=O)Nc1ccc(P(C)(C)=O)cc1. The van der Waals surface area contributed by atoms with E-state index in [0.717, 1.165) is 5.30 Å². The van der Waals surface area contributed by atoms with E-state index >= 15 is 0 Å². The lowest BCUT2D eigenvalue weighted by Crippen LogP contribution is -2.28. The first-order chi connectivity index (χ1) is 7.43. The number of nitrogens with one attached hydrogen (secondary N) is 2. The highest BCUT2D eigenvalue weighted by molar-refractivity contribution is 7.70. The van der Waals surface area contributed by atoms with Crippen LogP contribution in [0.5, 0.6) is 0 Å². The lowest BCUT2D eigenvalue weighted by Gasteiger charge is -2.09. The standard InChI is InChI=1S/C11H17N2O2P/c1-4-12-11(14)13-9-5-7-10(8-6-9)16(2,3)15/h5-8H,4H2,1-3H3,(H2,12,13,14). The van der Waals surface area contributed by atoms with Crippen LogP contribution in [0.1, 0.15) is 6.92 Å². The van der Waals surface area contributed by atoms with E-state index in [1.54, 1.807) is 37.6 Å². The first-order valence-corrected chi connectivity index (χ1v) is 7.74. The van der Waals surface area contributed by atoms with Gasteiger partial charge in [0, 0.05) is 17.5 Å². The average molecular weight is 240 g/mol. The van der Waals surface area contributed by atoms with Crippen LogP contribution in [0.3, 0.4) is 0 Å². The van der Waals surface area contributed by atoms with Gasteiger partial charge in [0.2, 0.25) is 0 Å².